The fraction of sp³-hybridized carbons (Fsp3) is 1.00. The van der Waals surface area contributed by atoms with E-state index >= 15 is 0 Å². The van der Waals surface area contributed by atoms with Crippen LogP contribution in [0.5, 0.6) is 0 Å². The van der Waals surface area contributed by atoms with Crippen LogP contribution in [0, 0.1) is 0 Å². The Morgan fingerprint density at radius 1 is 0.800 bits per heavy atom. The first-order valence-corrected chi connectivity index (χ1v) is 14.9. The van der Waals surface area contributed by atoms with Crippen molar-refractivity contribution in [2.24, 2.45) is 0 Å². The van der Waals surface area contributed by atoms with Crippen molar-refractivity contribution in [3.63, 3.8) is 0 Å². The molecule has 0 aromatic heterocycles. The summed E-state index contributed by atoms with van der Waals surface area (Å²) in [4.78, 5) is 2.56. The molecule has 1 saturated heterocycles. The van der Waals surface area contributed by atoms with E-state index in [1.54, 1.807) is 0 Å². The minimum Gasteiger partial charge on any atom is -0.374 e. The Kier molecular flexibility index (Phi) is 9.28. The molecule has 0 saturated carbocycles. The summed E-state index contributed by atoms with van der Waals surface area (Å²) in [5, 5.41) is 0.413. The van der Waals surface area contributed by atoms with Gasteiger partial charge >= 0.3 is 8.80 Å². The lowest BCUT2D eigenvalue weighted by Crippen LogP contribution is -2.61. The van der Waals surface area contributed by atoms with Gasteiger partial charge in [0.05, 0.1) is 0 Å². The van der Waals surface area contributed by atoms with Crippen molar-refractivity contribution in [3.8, 4) is 0 Å². The lowest BCUT2D eigenvalue weighted by molar-refractivity contribution is 0.0663. The molecule has 1 aliphatic heterocycles. The van der Waals surface area contributed by atoms with E-state index in [0.717, 1.165) is 25.7 Å². The number of nitrogens with zero attached hydrogens (tertiary/aromatic N) is 2. The molecule has 0 atom stereocenters. The molecular weight excluding hydrogens is 348 g/mol. The molecule has 0 aromatic rings. The van der Waals surface area contributed by atoms with Crippen molar-refractivity contribution in [1.82, 2.24) is 9.47 Å². The molecule has 25 heavy (non-hydrogen) atoms. The van der Waals surface area contributed by atoms with Gasteiger partial charge in [0.1, 0.15) is 8.24 Å². The van der Waals surface area contributed by atoms with E-state index in [1.165, 1.54) is 13.1 Å². The first-order valence-electron chi connectivity index (χ1n) is 10.0. The molecule has 0 spiro atoms. The number of hydrogen-bond acceptors (Lipinski definition) is 5. The molecule has 1 aliphatic rings. The lowest BCUT2D eigenvalue weighted by atomic mass is 10.2. The predicted octanol–water partition coefficient (Wildman–Crippen LogP) is 3.66. The van der Waals surface area contributed by atoms with Crippen molar-refractivity contribution in [2.45, 2.75) is 65.7 Å². The maximum atomic E-state index is 5.99. The highest BCUT2D eigenvalue weighted by Gasteiger charge is 2.43. The average molecular weight is 391 g/mol. The summed E-state index contributed by atoms with van der Waals surface area (Å²) in [5.41, 5.74) is 0. The van der Waals surface area contributed by atoms with Crippen LogP contribution in [0.15, 0.2) is 0 Å². The Morgan fingerprint density at radius 2 is 1.24 bits per heavy atom. The van der Waals surface area contributed by atoms with Gasteiger partial charge in [-0.05, 0) is 25.8 Å². The fourth-order valence-corrected chi connectivity index (χ4v) is 8.16. The van der Waals surface area contributed by atoms with Crippen LogP contribution in [0.4, 0.5) is 0 Å². The van der Waals surface area contributed by atoms with Gasteiger partial charge in [-0.15, -0.1) is 0 Å². The van der Waals surface area contributed by atoms with Crippen molar-refractivity contribution in [3.05, 3.63) is 0 Å². The standard InChI is InChI=1S/C18H42N2O3Si2/c1-9-21-25(22-10-2,23-11-3)17-16-19-12-14-20(15-13-19)24(7,8)18(4,5)6/h9-17H2,1-8H3. The maximum Gasteiger partial charge on any atom is 0.502 e. The third-order valence-electron chi connectivity index (χ3n) is 5.83. The summed E-state index contributed by atoms with van der Waals surface area (Å²) < 4.78 is 20.7. The van der Waals surface area contributed by atoms with E-state index in [9.17, 15) is 0 Å². The zero-order valence-electron chi connectivity index (χ0n) is 18.0. The van der Waals surface area contributed by atoms with Crippen molar-refractivity contribution < 1.29 is 13.3 Å². The van der Waals surface area contributed by atoms with Crippen LogP contribution in [0.25, 0.3) is 0 Å². The predicted molar refractivity (Wildman–Crippen MR) is 111 cm³/mol. The number of piperazine rings is 1. The SMILES string of the molecule is CCO[Si](CCN1CCN([Si](C)(C)C(C)(C)C)CC1)(OCC)OCC. The largest absolute Gasteiger partial charge is 0.502 e. The van der Waals surface area contributed by atoms with E-state index in [-0.39, 0.29) is 0 Å². The quantitative estimate of drug-likeness (QED) is 0.532. The van der Waals surface area contributed by atoms with Crippen molar-refractivity contribution >= 4 is 17.0 Å². The van der Waals surface area contributed by atoms with Crippen LogP contribution in [-0.4, -0.2) is 79.0 Å². The zero-order valence-corrected chi connectivity index (χ0v) is 20.0. The summed E-state index contributed by atoms with van der Waals surface area (Å²) in [6.07, 6.45) is 0. The molecule has 0 amide bonds. The van der Waals surface area contributed by atoms with Crippen LogP contribution in [0.2, 0.25) is 24.2 Å². The van der Waals surface area contributed by atoms with E-state index in [2.05, 4.69) is 43.3 Å². The Labute approximate surface area is 158 Å². The molecular formula is C18H42N2O3Si2. The summed E-state index contributed by atoms with van der Waals surface area (Å²) >= 11 is 0. The van der Waals surface area contributed by atoms with Crippen LogP contribution in [0.1, 0.15) is 41.5 Å². The molecule has 5 nitrogen and oxygen atoms in total. The lowest BCUT2D eigenvalue weighted by Gasteiger charge is -2.49. The van der Waals surface area contributed by atoms with Crippen LogP contribution >= 0.6 is 0 Å². The molecule has 1 heterocycles. The second-order valence-electron chi connectivity index (χ2n) is 8.37. The molecule has 0 bridgehead atoms. The molecule has 0 unspecified atom stereocenters. The van der Waals surface area contributed by atoms with Gasteiger partial charge in [-0.25, -0.2) is 0 Å². The van der Waals surface area contributed by atoms with Gasteiger partial charge in [-0.2, -0.15) is 0 Å². The molecule has 0 radical (unpaired) electrons. The molecule has 0 N–H and O–H groups in total. The molecule has 1 rings (SSSR count). The van der Waals surface area contributed by atoms with E-state index in [1.807, 2.05) is 20.8 Å². The third-order valence-corrected chi connectivity index (χ3v) is 14.5. The minimum atomic E-state index is -2.51. The topological polar surface area (TPSA) is 34.2 Å². The first-order chi connectivity index (χ1) is 11.6. The minimum absolute atomic E-state index is 0.413. The smallest absolute Gasteiger partial charge is 0.374 e. The normalized spacial score (nSPS) is 18.7. The van der Waals surface area contributed by atoms with Crippen LogP contribution < -0.4 is 0 Å². The van der Waals surface area contributed by atoms with Gasteiger partial charge in [-0.1, -0.05) is 33.9 Å². The average Bonchev–Trinajstić information content (AvgIpc) is 2.53. The molecule has 0 aromatic carbocycles. The zero-order chi connectivity index (χ0) is 19.1. The van der Waals surface area contributed by atoms with Gasteiger partial charge in [0.15, 0.2) is 0 Å². The van der Waals surface area contributed by atoms with Gasteiger partial charge < -0.3 is 22.7 Å². The first kappa shape index (κ1) is 23.3. The van der Waals surface area contributed by atoms with Gasteiger partial charge in [-0.3, -0.25) is 0 Å². The maximum absolute atomic E-state index is 5.99. The molecule has 0 aliphatic carbocycles. The third kappa shape index (κ3) is 6.41. The van der Waals surface area contributed by atoms with Gasteiger partial charge in [0, 0.05) is 58.6 Å². The second kappa shape index (κ2) is 9.96. The summed E-state index contributed by atoms with van der Waals surface area (Å²) in [7, 11) is -3.90. The highest BCUT2D eigenvalue weighted by Crippen LogP contribution is 2.38. The molecule has 1 fully saturated rings. The molecule has 7 heteroatoms. The van der Waals surface area contributed by atoms with Crippen molar-refractivity contribution in [1.29, 1.82) is 0 Å². The Balaban J connectivity index is 2.57. The number of hydrogen-bond donors (Lipinski definition) is 0. The summed E-state index contributed by atoms with van der Waals surface area (Å²) in [5.74, 6) is 0. The van der Waals surface area contributed by atoms with Crippen molar-refractivity contribution in [2.75, 3.05) is 52.5 Å². The number of rotatable bonds is 10. The summed E-state index contributed by atoms with van der Waals surface area (Å²) in [6.45, 7) is 25.9. The Bertz CT molecular complexity index is 364. The van der Waals surface area contributed by atoms with Crippen LogP contribution in [-0.2, 0) is 13.3 Å². The van der Waals surface area contributed by atoms with Crippen LogP contribution in [0.3, 0.4) is 0 Å². The Morgan fingerprint density at radius 3 is 1.60 bits per heavy atom. The highest BCUT2D eigenvalue weighted by atomic mass is 28.4. The van der Waals surface area contributed by atoms with E-state index in [0.29, 0.717) is 24.9 Å². The van der Waals surface area contributed by atoms with Gasteiger partial charge in [0.2, 0.25) is 0 Å². The monoisotopic (exact) mass is 390 g/mol. The summed E-state index contributed by atoms with van der Waals surface area (Å²) in [6, 6.07) is 0.891. The van der Waals surface area contributed by atoms with E-state index < -0.39 is 17.0 Å². The fourth-order valence-electron chi connectivity index (χ4n) is 3.30. The van der Waals surface area contributed by atoms with E-state index in [4.69, 9.17) is 13.3 Å². The second-order valence-corrected chi connectivity index (χ2v) is 16.4. The highest BCUT2D eigenvalue weighted by molar-refractivity contribution is 6.77. The Hall–Kier alpha value is 0.234. The van der Waals surface area contributed by atoms with Gasteiger partial charge in [0.25, 0.3) is 0 Å². The molecule has 150 valence electrons.